The Kier molecular flexibility index (Phi) is 16.6. The Balaban J connectivity index is 0.000000292. The van der Waals surface area contributed by atoms with Crippen molar-refractivity contribution in [2.24, 2.45) is 0 Å². The summed E-state index contributed by atoms with van der Waals surface area (Å²) >= 11 is 0. The number of hydrogen-bond acceptors (Lipinski definition) is 11. The zero-order valence-corrected chi connectivity index (χ0v) is 31.9. The lowest BCUT2D eigenvalue weighted by molar-refractivity contribution is 0.0137. The first kappa shape index (κ1) is 42.7. The second kappa shape index (κ2) is 19.8. The molecule has 0 radical (unpaired) electrons. The Morgan fingerprint density at radius 2 is 1.14 bits per heavy atom. The summed E-state index contributed by atoms with van der Waals surface area (Å²) in [7, 11) is 2.68. The average molecular weight is 713 g/mol. The number of carbonyl (C=O) groups is 5. The zero-order valence-electron chi connectivity index (χ0n) is 31.9. The molecule has 51 heavy (non-hydrogen) atoms. The first-order valence-corrected chi connectivity index (χ1v) is 17.1. The number of nitrogens with zero attached hydrogens (tertiary/aromatic N) is 3. The summed E-state index contributed by atoms with van der Waals surface area (Å²) in [4.78, 5) is 63.0. The Morgan fingerprint density at radius 1 is 0.686 bits per heavy atom. The molecule has 0 unspecified atom stereocenters. The number of amides is 2. The van der Waals surface area contributed by atoms with Crippen molar-refractivity contribution in [3.63, 3.8) is 0 Å². The Morgan fingerprint density at radius 3 is 1.61 bits per heavy atom. The van der Waals surface area contributed by atoms with Crippen molar-refractivity contribution in [3.05, 3.63) is 69.8 Å². The molecule has 2 saturated heterocycles. The van der Waals surface area contributed by atoms with Crippen LogP contribution >= 0.6 is 0 Å². The second-order valence-corrected chi connectivity index (χ2v) is 14.3. The predicted octanol–water partition coefficient (Wildman–Crippen LogP) is 5.26. The smallest absolute Gasteiger partial charge is 0.410 e. The second-order valence-electron chi connectivity index (χ2n) is 14.3. The number of carbonyl (C=O) groups excluding carboxylic acids is 5. The molecule has 0 aliphatic carbocycles. The average Bonchev–Trinajstić information content (AvgIpc) is 3.07. The summed E-state index contributed by atoms with van der Waals surface area (Å²) in [5.41, 5.74) is 3.41. The number of esters is 2. The highest BCUT2D eigenvalue weighted by Crippen LogP contribution is 2.18. The van der Waals surface area contributed by atoms with Crippen molar-refractivity contribution in [1.29, 1.82) is 0 Å². The molecule has 13 nitrogen and oxygen atoms in total. The van der Waals surface area contributed by atoms with Crippen LogP contribution in [0.5, 0.6) is 0 Å². The van der Waals surface area contributed by atoms with Gasteiger partial charge in [-0.15, -0.1) is 0 Å². The first-order chi connectivity index (χ1) is 23.9. The van der Waals surface area contributed by atoms with Crippen LogP contribution in [-0.4, -0.2) is 123 Å². The Hall–Kier alpha value is -4.49. The molecule has 2 aliphatic heterocycles. The Bertz CT molecular complexity index is 1480. The van der Waals surface area contributed by atoms with Crippen LogP contribution in [0.1, 0.15) is 89.3 Å². The van der Waals surface area contributed by atoms with Crippen molar-refractivity contribution in [2.75, 3.05) is 66.6 Å². The van der Waals surface area contributed by atoms with Crippen LogP contribution in [-0.2, 0) is 25.5 Å². The van der Waals surface area contributed by atoms with Crippen LogP contribution in [0.4, 0.5) is 9.59 Å². The fourth-order valence-electron chi connectivity index (χ4n) is 5.07. The van der Waals surface area contributed by atoms with Gasteiger partial charge in [0.15, 0.2) is 6.29 Å². The predicted molar refractivity (Wildman–Crippen MR) is 194 cm³/mol. The van der Waals surface area contributed by atoms with E-state index in [1.54, 1.807) is 28.0 Å². The standard InChI is InChI=1S/C19H28N2O4.C10H10O3.C9H18N2O2/c1-14-6-7-16(17(22)24-5)15(12-14)13-20-8-10-21(11-9-20)18(23)25-19(2,3)4;1-7-3-4-9(10(12)13-2)8(5-7)6-11;1-9(2,3)13-8(12)11-6-4-10-5-7-11/h6-7,12H,8-11,13H2,1-5H3;3-6H,1-2H3;10H,4-7H2,1-3H3. The molecule has 1 N–H and O–H groups in total. The number of ether oxygens (including phenoxy) is 4. The molecule has 0 saturated carbocycles. The number of hydrogen-bond donors (Lipinski definition) is 1. The molecule has 13 heteroatoms. The largest absolute Gasteiger partial charge is 0.465 e. The molecule has 0 bridgehead atoms. The third-order valence-electron chi connectivity index (χ3n) is 7.59. The minimum Gasteiger partial charge on any atom is -0.465 e. The Labute approximate surface area is 302 Å². The van der Waals surface area contributed by atoms with Gasteiger partial charge < -0.3 is 34.1 Å². The lowest BCUT2D eigenvalue weighted by Gasteiger charge is -2.35. The van der Waals surface area contributed by atoms with Crippen LogP contribution in [0.15, 0.2) is 36.4 Å². The summed E-state index contributed by atoms with van der Waals surface area (Å²) in [6, 6.07) is 10.7. The lowest BCUT2D eigenvalue weighted by atomic mass is 10.0. The third kappa shape index (κ3) is 15.1. The SMILES string of the molecule is CC(C)(C)OC(=O)N1CCNCC1.COC(=O)c1ccc(C)cc1C=O.COC(=O)c1ccc(C)cc1CN1CCN(C(=O)OC(C)(C)C)CC1. The van der Waals surface area contributed by atoms with E-state index in [1.165, 1.54) is 14.2 Å². The molecule has 0 atom stereocenters. The molecule has 282 valence electrons. The van der Waals surface area contributed by atoms with Gasteiger partial charge in [0.2, 0.25) is 0 Å². The van der Waals surface area contributed by atoms with Gasteiger partial charge in [-0.25, -0.2) is 19.2 Å². The van der Waals surface area contributed by atoms with E-state index in [0.29, 0.717) is 42.6 Å². The summed E-state index contributed by atoms with van der Waals surface area (Å²) in [5.74, 6) is -0.801. The molecule has 2 aromatic rings. The van der Waals surface area contributed by atoms with E-state index in [-0.39, 0.29) is 23.8 Å². The maximum Gasteiger partial charge on any atom is 0.410 e. The summed E-state index contributed by atoms with van der Waals surface area (Å²) < 4.78 is 20.1. The number of rotatable bonds is 5. The van der Waals surface area contributed by atoms with Crippen LogP contribution in [0.2, 0.25) is 0 Å². The van der Waals surface area contributed by atoms with E-state index in [4.69, 9.17) is 14.2 Å². The van der Waals surface area contributed by atoms with Gasteiger partial charge >= 0.3 is 24.1 Å². The van der Waals surface area contributed by atoms with Gasteiger partial charge in [-0.2, -0.15) is 0 Å². The maximum absolute atomic E-state index is 12.1. The van der Waals surface area contributed by atoms with Gasteiger partial charge in [-0.05, 0) is 79.2 Å². The van der Waals surface area contributed by atoms with Gasteiger partial charge in [-0.1, -0.05) is 29.3 Å². The molecular formula is C38H56N4O9. The lowest BCUT2D eigenvalue weighted by Crippen LogP contribution is -2.49. The van der Waals surface area contributed by atoms with E-state index >= 15 is 0 Å². The normalized spacial score (nSPS) is 14.9. The van der Waals surface area contributed by atoms with Crippen LogP contribution in [0, 0.1) is 13.8 Å². The highest BCUT2D eigenvalue weighted by molar-refractivity contribution is 5.98. The van der Waals surface area contributed by atoms with E-state index in [9.17, 15) is 24.0 Å². The van der Waals surface area contributed by atoms with Gasteiger partial charge in [-0.3, -0.25) is 9.69 Å². The fourth-order valence-corrected chi connectivity index (χ4v) is 5.07. The minimum atomic E-state index is -0.484. The van der Waals surface area contributed by atoms with Crippen LogP contribution in [0.3, 0.4) is 0 Å². The molecule has 2 heterocycles. The molecule has 2 fully saturated rings. The van der Waals surface area contributed by atoms with Crippen LogP contribution in [0.25, 0.3) is 0 Å². The van der Waals surface area contributed by atoms with Crippen molar-refractivity contribution in [2.45, 2.75) is 73.1 Å². The highest BCUT2D eigenvalue weighted by Gasteiger charge is 2.27. The van der Waals surface area contributed by atoms with Crippen molar-refractivity contribution >= 4 is 30.4 Å². The topological polar surface area (TPSA) is 144 Å². The highest BCUT2D eigenvalue weighted by atomic mass is 16.6. The summed E-state index contributed by atoms with van der Waals surface area (Å²) in [5, 5.41) is 3.18. The molecule has 0 spiro atoms. The van der Waals surface area contributed by atoms with E-state index < -0.39 is 11.6 Å². The maximum atomic E-state index is 12.1. The number of benzene rings is 2. The van der Waals surface area contributed by atoms with Crippen LogP contribution < -0.4 is 5.32 Å². The van der Waals surface area contributed by atoms with E-state index in [0.717, 1.165) is 56.0 Å². The van der Waals surface area contributed by atoms with Crippen molar-refractivity contribution in [3.8, 4) is 0 Å². The molecule has 0 aromatic heterocycles. The van der Waals surface area contributed by atoms with Crippen molar-refractivity contribution in [1.82, 2.24) is 20.0 Å². The molecule has 2 amide bonds. The number of methoxy groups -OCH3 is 2. The summed E-state index contributed by atoms with van der Waals surface area (Å²) in [6.07, 6.45) is 0.186. The molecule has 2 aromatic carbocycles. The molecule has 4 rings (SSSR count). The van der Waals surface area contributed by atoms with Gasteiger partial charge in [0.25, 0.3) is 0 Å². The van der Waals surface area contributed by atoms with E-state index in [1.807, 2.05) is 73.6 Å². The zero-order chi connectivity index (χ0) is 38.4. The quantitative estimate of drug-likeness (QED) is 0.247. The number of aryl methyl sites for hydroxylation is 2. The first-order valence-electron chi connectivity index (χ1n) is 17.1. The fraction of sp³-hybridized carbons (Fsp3) is 0.553. The number of piperazine rings is 2. The number of nitrogens with one attached hydrogen (secondary N) is 1. The monoisotopic (exact) mass is 712 g/mol. The van der Waals surface area contributed by atoms with E-state index in [2.05, 4.69) is 15.0 Å². The minimum absolute atomic E-state index is 0.200. The van der Waals surface area contributed by atoms with Gasteiger partial charge in [0.1, 0.15) is 11.2 Å². The summed E-state index contributed by atoms with van der Waals surface area (Å²) in [6.45, 7) is 21.7. The molecule has 2 aliphatic rings. The molecular weight excluding hydrogens is 656 g/mol. The van der Waals surface area contributed by atoms with Gasteiger partial charge in [0.05, 0.1) is 25.3 Å². The third-order valence-corrected chi connectivity index (χ3v) is 7.59. The number of aldehydes is 1. The van der Waals surface area contributed by atoms with Gasteiger partial charge in [0, 0.05) is 64.5 Å². The van der Waals surface area contributed by atoms with Crippen molar-refractivity contribution < 1.29 is 42.9 Å².